The summed E-state index contributed by atoms with van der Waals surface area (Å²) < 4.78 is 0. The molecule has 0 saturated heterocycles. The van der Waals surface area contributed by atoms with Crippen molar-refractivity contribution in [2.45, 2.75) is 6.92 Å². The molecule has 0 aliphatic rings. The summed E-state index contributed by atoms with van der Waals surface area (Å²) in [4.78, 5) is 6.54. The first-order valence-corrected chi connectivity index (χ1v) is 4.90. The molecule has 1 aromatic rings. The predicted octanol–water partition coefficient (Wildman–Crippen LogP) is 1.11. The van der Waals surface area contributed by atoms with E-state index in [1.165, 1.54) is 0 Å². The van der Waals surface area contributed by atoms with Crippen LogP contribution < -0.4 is 10.2 Å². The Hall–Kier alpha value is -0.610. The smallest absolute Gasteiger partial charge is 0.185 e. The SMILES string of the molecule is CNCCN(C)c1nc(C)cs1. The first-order valence-electron chi connectivity index (χ1n) is 4.02. The van der Waals surface area contributed by atoms with Crippen LogP contribution in [0.3, 0.4) is 0 Å². The van der Waals surface area contributed by atoms with Crippen LogP contribution in [0.1, 0.15) is 5.69 Å². The minimum absolute atomic E-state index is 0.995. The summed E-state index contributed by atoms with van der Waals surface area (Å²) >= 11 is 1.70. The zero-order valence-corrected chi connectivity index (χ0v) is 8.61. The molecule has 0 aromatic carbocycles. The number of aryl methyl sites for hydroxylation is 1. The standard InChI is InChI=1S/C8H15N3S/c1-7-6-12-8(10-7)11(3)5-4-9-2/h6,9H,4-5H2,1-3H3. The van der Waals surface area contributed by atoms with E-state index < -0.39 is 0 Å². The number of rotatable bonds is 4. The van der Waals surface area contributed by atoms with Crippen LogP contribution in [0, 0.1) is 6.92 Å². The number of hydrogen-bond acceptors (Lipinski definition) is 4. The molecule has 0 spiro atoms. The van der Waals surface area contributed by atoms with Crippen LogP contribution >= 0.6 is 11.3 Å². The number of nitrogens with zero attached hydrogens (tertiary/aromatic N) is 2. The van der Waals surface area contributed by atoms with Crippen LogP contribution in [-0.2, 0) is 0 Å². The molecule has 1 rings (SSSR count). The Labute approximate surface area is 77.4 Å². The third-order valence-electron chi connectivity index (χ3n) is 1.63. The van der Waals surface area contributed by atoms with Crippen molar-refractivity contribution in [2.75, 3.05) is 32.1 Å². The van der Waals surface area contributed by atoms with Gasteiger partial charge in [-0.15, -0.1) is 11.3 Å². The lowest BCUT2D eigenvalue weighted by Crippen LogP contribution is -2.26. The van der Waals surface area contributed by atoms with Gasteiger partial charge >= 0.3 is 0 Å². The van der Waals surface area contributed by atoms with E-state index in [0.717, 1.165) is 23.9 Å². The molecule has 0 radical (unpaired) electrons. The zero-order chi connectivity index (χ0) is 8.97. The van der Waals surface area contributed by atoms with Gasteiger partial charge in [0.2, 0.25) is 0 Å². The maximum atomic E-state index is 4.38. The molecule has 0 atom stereocenters. The number of anilines is 1. The van der Waals surface area contributed by atoms with Crippen molar-refractivity contribution in [2.24, 2.45) is 0 Å². The highest BCUT2D eigenvalue weighted by Gasteiger charge is 2.02. The molecule has 0 saturated carbocycles. The Balaban J connectivity index is 2.47. The van der Waals surface area contributed by atoms with E-state index in [9.17, 15) is 0 Å². The highest BCUT2D eigenvalue weighted by Crippen LogP contribution is 2.17. The van der Waals surface area contributed by atoms with Crippen LogP contribution in [0.2, 0.25) is 0 Å². The molecule has 0 unspecified atom stereocenters. The topological polar surface area (TPSA) is 28.2 Å². The second-order valence-corrected chi connectivity index (χ2v) is 3.63. The maximum absolute atomic E-state index is 4.38. The molecule has 1 aromatic heterocycles. The zero-order valence-electron chi connectivity index (χ0n) is 7.79. The number of thiazole rings is 1. The number of nitrogens with one attached hydrogen (secondary N) is 1. The van der Waals surface area contributed by atoms with Crippen molar-refractivity contribution in [1.29, 1.82) is 0 Å². The van der Waals surface area contributed by atoms with Gasteiger partial charge in [0, 0.05) is 25.5 Å². The van der Waals surface area contributed by atoms with E-state index in [1.54, 1.807) is 11.3 Å². The fraction of sp³-hybridized carbons (Fsp3) is 0.625. The quantitative estimate of drug-likeness (QED) is 0.761. The summed E-state index contributed by atoms with van der Waals surface area (Å²) in [6.45, 7) is 4.02. The molecular formula is C8H15N3S. The van der Waals surface area contributed by atoms with Gasteiger partial charge in [-0.3, -0.25) is 0 Å². The average molecular weight is 185 g/mol. The molecule has 12 heavy (non-hydrogen) atoms. The monoisotopic (exact) mass is 185 g/mol. The van der Waals surface area contributed by atoms with E-state index in [1.807, 2.05) is 14.0 Å². The Morgan fingerprint density at radius 3 is 2.92 bits per heavy atom. The number of hydrogen-bond donors (Lipinski definition) is 1. The van der Waals surface area contributed by atoms with Crippen molar-refractivity contribution in [3.63, 3.8) is 0 Å². The number of likely N-dealkylation sites (N-methyl/N-ethyl adjacent to an activating group) is 2. The van der Waals surface area contributed by atoms with Crippen molar-refractivity contribution in [3.05, 3.63) is 11.1 Å². The van der Waals surface area contributed by atoms with Gasteiger partial charge in [-0.2, -0.15) is 0 Å². The van der Waals surface area contributed by atoms with Crippen molar-refractivity contribution in [1.82, 2.24) is 10.3 Å². The van der Waals surface area contributed by atoms with Gasteiger partial charge in [0.05, 0.1) is 5.69 Å². The second-order valence-electron chi connectivity index (χ2n) is 2.80. The lowest BCUT2D eigenvalue weighted by atomic mass is 10.5. The van der Waals surface area contributed by atoms with E-state index >= 15 is 0 Å². The Bertz CT molecular complexity index is 234. The van der Waals surface area contributed by atoms with Crippen molar-refractivity contribution in [3.8, 4) is 0 Å². The minimum atomic E-state index is 0.995. The Morgan fingerprint density at radius 2 is 2.42 bits per heavy atom. The van der Waals surface area contributed by atoms with Gasteiger partial charge in [-0.25, -0.2) is 4.98 Å². The van der Waals surface area contributed by atoms with Gasteiger partial charge < -0.3 is 10.2 Å². The second kappa shape index (κ2) is 4.42. The third-order valence-corrected chi connectivity index (χ3v) is 2.70. The van der Waals surface area contributed by atoms with Crippen LogP contribution in [0.15, 0.2) is 5.38 Å². The molecule has 0 aliphatic heterocycles. The summed E-state index contributed by atoms with van der Waals surface area (Å²) in [7, 11) is 4.02. The molecule has 0 aliphatic carbocycles. The van der Waals surface area contributed by atoms with E-state index in [-0.39, 0.29) is 0 Å². The average Bonchev–Trinajstić information content (AvgIpc) is 2.47. The minimum Gasteiger partial charge on any atom is -0.350 e. The summed E-state index contributed by atoms with van der Waals surface area (Å²) in [6.07, 6.45) is 0. The van der Waals surface area contributed by atoms with Gasteiger partial charge in [-0.1, -0.05) is 0 Å². The molecule has 1 heterocycles. The third kappa shape index (κ3) is 2.46. The summed E-state index contributed by atoms with van der Waals surface area (Å²) in [5, 5.41) is 6.28. The van der Waals surface area contributed by atoms with E-state index in [0.29, 0.717) is 0 Å². The molecule has 0 amide bonds. The maximum Gasteiger partial charge on any atom is 0.185 e. The van der Waals surface area contributed by atoms with E-state index in [2.05, 4.69) is 27.6 Å². The summed E-state index contributed by atoms with van der Waals surface area (Å²) in [6, 6.07) is 0. The molecule has 0 bridgehead atoms. The normalized spacial score (nSPS) is 10.2. The summed E-state index contributed by atoms with van der Waals surface area (Å²) in [5.41, 5.74) is 1.10. The van der Waals surface area contributed by atoms with Crippen molar-refractivity contribution >= 4 is 16.5 Å². The first kappa shape index (κ1) is 9.48. The van der Waals surface area contributed by atoms with E-state index in [4.69, 9.17) is 0 Å². The highest BCUT2D eigenvalue weighted by molar-refractivity contribution is 7.13. The Morgan fingerprint density at radius 1 is 1.67 bits per heavy atom. The predicted molar refractivity (Wildman–Crippen MR) is 54.0 cm³/mol. The van der Waals surface area contributed by atoms with Crippen LogP contribution in [0.5, 0.6) is 0 Å². The molecule has 0 fully saturated rings. The van der Waals surface area contributed by atoms with Gasteiger partial charge in [0.15, 0.2) is 5.13 Å². The lowest BCUT2D eigenvalue weighted by Gasteiger charge is -2.14. The van der Waals surface area contributed by atoms with Crippen molar-refractivity contribution < 1.29 is 0 Å². The van der Waals surface area contributed by atoms with Crippen LogP contribution in [-0.4, -0.2) is 32.2 Å². The number of aromatic nitrogens is 1. The molecule has 4 heteroatoms. The lowest BCUT2D eigenvalue weighted by molar-refractivity contribution is 0.765. The van der Waals surface area contributed by atoms with Crippen LogP contribution in [0.4, 0.5) is 5.13 Å². The largest absolute Gasteiger partial charge is 0.350 e. The molecule has 3 nitrogen and oxygen atoms in total. The highest BCUT2D eigenvalue weighted by atomic mass is 32.1. The molecule has 68 valence electrons. The molecule has 1 N–H and O–H groups in total. The molecular weight excluding hydrogens is 170 g/mol. The van der Waals surface area contributed by atoms with Gasteiger partial charge in [-0.05, 0) is 14.0 Å². The van der Waals surface area contributed by atoms with Gasteiger partial charge in [0.1, 0.15) is 0 Å². The summed E-state index contributed by atoms with van der Waals surface area (Å²) in [5.74, 6) is 0. The first-order chi connectivity index (χ1) is 5.74. The fourth-order valence-corrected chi connectivity index (χ4v) is 1.69. The van der Waals surface area contributed by atoms with Gasteiger partial charge in [0.25, 0.3) is 0 Å². The van der Waals surface area contributed by atoms with Crippen LogP contribution in [0.25, 0.3) is 0 Å². The Kier molecular flexibility index (Phi) is 3.49. The fourth-order valence-electron chi connectivity index (χ4n) is 0.892.